The average Bonchev–Trinajstić information content (AvgIpc) is 2.48. The maximum Gasteiger partial charge on any atom is 0.0357 e. The van der Waals surface area contributed by atoms with Crippen LogP contribution in [0, 0.1) is 6.92 Å². The van der Waals surface area contributed by atoms with Crippen LogP contribution in [-0.2, 0) is 0 Å². The summed E-state index contributed by atoms with van der Waals surface area (Å²) in [7, 11) is 0. The Morgan fingerprint density at radius 1 is 1.07 bits per heavy atom. The Balaban J connectivity index is 2.44. The van der Waals surface area contributed by atoms with Crippen molar-refractivity contribution in [3.63, 3.8) is 0 Å². The van der Waals surface area contributed by atoms with Gasteiger partial charge in [0.1, 0.15) is 0 Å². The monoisotopic (exact) mass is 330 g/mol. The molecule has 0 amide bonds. The summed E-state index contributed by atoms with van der Waals surface area (Å²) in [6, 6.07) is 10.6. The van der Waals surface area contributed by atoms with Gasteiger partial charge in [-0.05, 0) is 46.6 Å². The second kappa shape index (κ2) is 4.17. The zero-order chi connectivity index (χ0) is 10.1. The van der Waals surface area contributed by atoms with E-state index in [1.165, 1.54) is 19.8 Å². The molecule has 2 aromatic rings. The van der Waals surface area contributed by atoms with Crippen LogP contribution < -0.4 is 0 Å². The van der Waals surface area contributed by atoms with Gasteiger partial charge in [-0.15, -0.1) is 11.3 Å². The van der Waals surface area contributed by atoms with Gasteiger partial charge in [0.2, 0.25) is 0 Å². The van der Waals surface area contributed by atoms with Crippen molar-refractivity contribution >= 4 is 43.2 Å². The number of benzene rings is 1. The summed E-state index contributed by atoms with van der Waals surface area (Å²) in [5, 5.41) is 0. The quantitative estimate of drug-likeness (QED) is 0.669. The molecule has 0 unspecified atom stereocenters. The third kappa shape index (κ3) is 2.10. The summed E-state index contributed by atoms with van der Waals surface area (Å²) in [6.45, 7) is 2.12. The van der Waals surface area contributed by atoms with Crippen LogP contribution in [0.1, 0.15) is 4.88 Å². The maximum atomic E-state index is 3.53. The predicted octanol–water partition coefficient (Wildman–Crippen LogP) is 5.25. The van der Waals surface area contributed by atoms with Gasteiger partial charge in [0.15, 0.2) is 0 Å². The molecule has 14 heavy (non-hydrogen) atoms. The van der Waals surface area contributed by atoms with Gasteiger partial charge in [-0.25, -0.2) is 0 Å². The molecule has 2 rings (SSSR count). The third-order valence-corrected chi connectivity index (χ3v) is 4.70. The van der Waals surface area contributed by atoms with Crippen LogP contribution in [0.15, 0.2) is 39.3 Å². The third-order valence-electron chi connectivity index (χ3n) is 1.99. The van der Waals surface area contributed by atoms with E-state index in [4.69, 9.17) is 0 Å². The molecule has 1 heterocycles. The molecule has 1 aromatic heterocycles. The number of hydrogen-bond acceptors (Lipinski definition) is 1. The Morgan fingerprint density at radius 2 is 1.71 bits per heavy atom. The first kappa shape index (κ1) is 10.4. The lowest BCUT2D eigenvalue weighted by molar-refractivity contribution is 1.59. The highest BCUT2D eigenvalue weighted by atomic mass is 79.9. The normalized spacial score (nSPS) is 10.5. The van der Waals surface area contributed by atoms with Gasteiger partial charge in [0.05, 0.1) is 0 Å². The van der Waals surface area contributed by atoms with E-state index in [0.717, 1.165) is 4.47 Å². The van der Waals surface area contributed by atoms with Gasteiger partial charge in [0.25, 0.3) is 0 Å². The summed E-state index contributed by atoms with van der Waals surface area (Å²) in [4.78, 5) is 2.63. The summed E-state index contributed by atoms with van der Waals surface area (Å²) < 4.78 is 2.31. The van der Waals surface area contributed by atoms with Crippen molar-refractivity contribution in [2.45, 2.75) is 6.92 Å². The van der Waals surface area contributed by atoms with Gasteiger partial charge >= 0.3 is 0 Å². The van der Waals surface area contributed by atoms with Crippen molar-refractivity contribution < 1.29 is 0 Å². The average molecular weight is 332 g/mol. The van der Waals surface area contributed by atoms with Crippen molar-refractivity contribution in [2.75, 3.05) is 0 Å². The number of rotatable bonds is 1. The first-order chi connectivity index (χ1) is 6.66. The lowest BCUT2D eigenvalue weighted by Gasteiger charge is -1.96. The van der Waals surface area contributed by atoms with E-state index in [9.17, 15) is 0 Å². The smallest absolute Gasteiger partial charge is 0.0357 e. The SMILES string of the molecule is Cc1sc(-c2ccc(Br)cc2)cc1Br. The van der Waals surface area contributed by atoms with E-state index in [-0.39, 0.29) is 0 Å². The molecular weight excluding hydrogens is 324 g/mol. The fourth-order valence-electron chi connectivity index (χ4n) is 1.22. The Bertz CT molecular complexity index is 423. The van der Waals surface area contributed by atoms with Crippen LogP contribution in [0.5, 0.6) is 0 Å². The van der Waals surface area contributed by atoms with Crippen LogP contribution in [0.25, 0.3) is 10.4 Å². The van der Waals surface area contributed by atoms with E-state index < -0.39 is 0 Å². The van der Waals surface area contributed by atoms with Crippen molar-refractivity contribution in [1.29, 1.82) is 0 Å². The molecule has 0 aliphatic rings. The highest BCUT2D eigenvalue weighted by Crippen LogP contribution is 2.34. The first-order valence-corrected chi connectivity index (χ1v) is 6.59. The van der Waals surface area contributed by atoms with Crippen LogP contribution in [0.2, 0.25) is 0 Å². The minimum Gasteiger partial charge on any atom is -0.139 e. The highest BCUT2D eigenvalue weighted by Gasteiger charge is 2.04. The molecular formula is C11H8Br2S. The topological polar surface area (TPSA) is 0 Å². The molecule has 0 aliphatic heterocycles. The molecule has 0 nitrogen and oxygen atoms in total. The minimum absolute atomic E-state index is 1.12. The van der Waals surface area contributed by atoms with Gasteiger partial charge < -0.3 is 0 Å². The molecule has 3 heteroatoms. The first-order valence-electron chi connectivity index (χ1n) is 4.18. The number of thiophene rings is 1. The van der Waals surface area contributed by atoms with E-state index in [1.54, 1.807) is 0 Å². The second-order valence-electron chi connectivity index (χ2n) is 3.02. The van der Waals surface area contributed by atoms with Gasteiger partial charge in [-0.2, -0.15) is 0 Å². The zero-order valence-electron chi connectivity index (χ0n) is 7.55. The van der Waals surface area contributed by atoms with Crippen LogP contribution in [-0.4, -0.2) is 0 Å². The van der Waals surface area contributed by atoms with Gasteiger partial charge in [-0.3, -0.25) is 0 Å². The number of halogens is 2. The van der Waals surface area contributed by atoms with Crippen molar-refractivity contribution in [3.8, 4) is 10.4 Å². The Labute approximate surface area is 104 Å². The van der Waals surface area contributed by atoms with E-state index >= 15 is 0 Å². The number of hydrogen-bond donors (Lipinski definition) is 0. The van der Waals surface area contributed by atoms with Crippen LogP contribution >= 0.6 is 43.2 Å². The van der Waals surface area contributed by atoms with Crippen molar-refractivity contribution in [3.05, 3.63) is 44.2 Å². The molecule has 1 aromatic carbocycles. The molecule has 0 aliphatic carbocycles. The molecule has 0 spiro atoms. The Morgan fingerprint density at radius 3 is 2.21 bits per heavy atom. The van der Waals surface area contributed by atoms with E-state index in [1.807, 2.05) is 11.3 Å². The zero-order valence-corrected chi connectivity index (χ0v) is 11.5. The molecule has 0 bridgehead atoms. The molecule has 0 fully saturated rings. The second-order valence-corrected chi connectivity index (χ2v) is 6.05. The number of aryl methyl sites for hydroxylation is 1. The predicted molar refractivity (Wildman–Crippen MR) is 69.9 cm³/mol. The summed E-state index contributed by atoms with van der Waals surface area (Å²) in [5.74, 6) is 0. The summed E-state index contributed by atoms with van der Waals surface area (Å²) in [6.07, 6.45) is 0. The Hall–Kier alpha value is -0.120. The van der Waals surface area contributed by atoms with E-state index in [2.05, 4.69) is 69.1 Å². The summed E-state index contributed by atoms with van der Waals surface area (Å²) in [5.41, 5.74) is 1.27. The Kier molecular flexibility index (Phi) is 3.10. The fraction of sp³-hybridized carbons (Fsp3) is 0.0909. The van der Waals surface area contributed by atoms with Gasteiger partial charge in [-0.1, -0.05) is 28.1 Å². The maximum absolute atomic E-state index is 3.53. The van der Waals surface area contributed by atoms with Gasteiger partial charge in [0, 0.05) is 18.7 Å². The van der Waals surface area contributed by atoms with Crippen LogP contribution in [0.4, 0.5) is 0 Å². The molecule has 0 radical (unpaired) electrons. The van der Waals surface area contributed by atoms with Crippen molar-refractivity contribution in [2.24, 2.45) is 0 Å². The molecule has 0 N–H and O–H groups in total. The molecule has 0 atom stereocenters. The van der Waals surface area contributed by atoms with E-state index in [0.29, 0.717) is 0 Å². The molecule has 72 valence electrons. The minimum atomic E-state index is 1.12. The lowest BCUT2D eigenvalue weighted by atomic mass is 10.2. The molecule has 0 saturated carbocycles. The molecule has 0 saturated heterocycles. The van der Waals surface area contributed by atoms with Crippen LogP contribution in [0.3, 0.4) is 0 Å². The largest absolute Gasteiger partial charge is 0.139 e. The fourth-order valence-corrected chi connectivity index (χ4v) is 3.02. The highest BCUT2D eigenvalue weighted by molar-refractivity contribution is 9.10. The lowest BCUT2D eigenvalue weighted by Crippen LogP contribution is -1.70. The van der Waals surface area contributed by atoms with Crippen molar-refractivity contribution in [1.82, 2.24) is 0 Å². The standard InChI is InChI=1S/C11H8Br2S/c1-7-10(13)6-11(14-7)8-2-4-9(12)5-3-8/h2-6H,1H3. The summed E-state index contributed by atoms with van der Waals surface area (Å²) >= 11 is 8.77.